The van der Waals surface area contributed by atoms with Crippen LogP contribution in [0.15, 0.2) is 30.7 Å². The molecule has 29 heavy (non-hydrogen) atoms. The van der Waals surface area contributed by atoms with Gasteiger partial charge in [-0.3, -0.25) is 14.7 Å². The number of ether oxygens (including phenoxy) is 1. The van der Waals surface area contributed by atoms with Crippen LogP contribution >= 0.6 is 11.6 Å². The van der Waals surface area contributed by atoms with Crippen LogP contribution in [-0.4, -0.2) is 69.5 Å². The van der Waals surface area contributed by atoms with Crippen molar-refractivity contribution < 1.29 is 15.7 Å². The van der Waals surface area contributed by atoms with E-state index < -0.39 is 18.2 Å². The van der Waals surface area contributed by atoms with Crippen LogP contribution < -0.4 is 4.90 Å². The molecule has 1 atom stereocenters. The van der Waals surface area contributed by atoms with Crippen molar-refractivity contribution in [1.29, 1.82) is 0 Å². The van der Waals surface area contributed by atoms with Gasteiger partial charge in [0.05, 0.1) is 11.6 Å². The van der Waals surface area contributed by atoms with Crippen molar-refractivity contribution in [1.82, 2.24) is 24.8 Å². The van der Waals surface area contributed by atoms with E-state index in [2.05, 4.69) is 32.2 Å². The third kappa shape index (κ3) is 3.72. The molecule has 4 heterocycles. The molecule has 0 radical (unpaired) electrons. The molecule has 1 saturated heterocycles. The number of piperazine rings is 1. The molecule has 0 unspecified atom stereocenters. The Morgan fingerprint density at radius 3 is 2.79 bits per heavy atom. The Bertz CT molecular complexity index is 1020. The number of carbonyl (C=O) groups excluding carboxylic acids is 2. The standard InChI is InChI=1S/C19H17ClN6O3/c1-2-7-24-8-10-25(11-9-24)19(28)29-18-16-15(21-5-6-22-16)17(27)26(18)14-4-3-13(20)12-23-14/h1,3-6,12,18H,7-11H2/t18-/m0/s1/i1D. The maximum Gasteiger partial charge on any atom is 0.412 e. The first-order valence-electron chi connectivity index (χ1n) is 9.42. The van der Waals surface area contributed by atoms with Gasteiger partial charge in [0.1, 0.15) is 12.9 Å². The quantitative estimate of drug-likeness (QED) is 0.705. The first-order chi connectivity index (χ1) is 14.6. The summed E-state index contributed by atoms with van der Waals surface area (Å²) in [5.41, 5.74) is 0.378. The first-order valence-corrected chi connectivity index (χ1v) is 9.30. The van der Waals surface area contributed by atoms with E-state index in [4.69, 9.17) is 17.7 Å². The fourth-order valence-electron chi connectivity index (χ4n) is 3.25. The molecule has 0 saturated carbocycles. The largest absolute Gasteiger partial charge is 0.419 e. The van der Waals surface area contributed by atoms with Gasteiger partial charge in [-0.1, -0.05) is 17.5 Å². The van der Waals surface area contributed by atoms with Crippen LogP contribution in [0.25, 0.3) is 0 Å². The molecule has 0 aliphatic carbocycles. The maximum absolute atomic E-state index is 12.9. The number of amides is 2. The van der Waals surface area contributed by atoms with Crippen LogP contribution in [0, 0.1) is 12.3 Å². The van der Waals surface area contributed by atoms with Crippen molar-refractivity contribution in [3.63, 3.8) is 0 Å². The first kappa shape index (κ1) is 17.8. The number of halogens is 1. The average Bonchev–Trinajstić information content (AvgIpc) is 3.05. The predicted octanol–water partition coefficient (Wildman–Crippen LogP) is 1.57. The Kier molecular flexibility index (Phi) is 4.94. The molecule has 0 N–H and O–H groups in total. The molecule has 2 aliphatic rings. The van der Waals surface area contributed by atoms with E-state index in [9.17, 15) is 9.59 Å². The van der Waals surface area contributed by atoms with Crippen molar-refractivity contribution >= 4 is 29.4 Å². The second kappa shape index (κ2) is 8.03. The number of hydrogen-bond donors (Lipinski definition) is 0. The van der Waals surface area contributed by atoms with E-state index in [0.717, 1.165) is 0 Å². The molecule has 148 valence electrons. The van der Waals surface area contributed by atoms with Gasteiger partial charge in [0.15, 0.2) is 5.69 Å². The van der Waals surface area contributed by atoms with Crippen LogP contribution in [0.3, 0.4) is 0 Å². The van der Waals surface area contributed by atoms with E-state index in [1.165, 1.54) is 23.5 Å². The highest BCUT2D eigenvalue weighted by Gasteiger charge is 2.44. The van der Waals surface area contributed by atoms with Gasteiger partial charge in [-0.2, -0.15) is 0 Å². The zero-order valence-corrected chi connectivity index (χ0v) is 16.0. The van der Waals surface area contributed by atoms with Gasteiger partial charge >= 0.3 is 6.09 Å². The van der Waals surface area contributed by atoms with E-state index in [-0.39, 0.29) is 17.2 Å². The molecular weight excluding hydrogens is 396 g/mol. The Hall–Kier alpha value is -3.22. The van der Waals surface area contributed by atoms with Gasteiger partial charge in [-0.15, -0.1) is 6.40 Å². The minimum absolute atomic E-state index is 0.117. The summed E-state index contributed by atoms with van der Waals surface area (Å²) in [6, 6.07) is 3.16. The molecule has 2 aliphatic heterocycles. The van der Waals surface area contributed by atoms with Gasteiger partial charge < -0.3 is 9.64 Å². The topological polar surface area (TPSA) is 91.8 Å². The molecule has 1 fully saturated rings. The fourth-order valence-corrected chi connectivity index (χ4v) is 3.36. The molecular formula is C19H17ClN6O3. The van der Waals surface area contributed by atoms with E-state index in [1.54, 1.807) is 17.0 Å². The van der Waals surface area contributed by atoms with Crippen molar-refractivity contribution in [2.75, 3.05) is 37.6 Å². The smallest absolute Gasteiger partial charge is 0.412 e. The summed E-state index contributed by atoms with van der Waals surface area (Å²) in [4.78, 5) is 43.1. The van der Waals surface area contributed by atoms with Crippen molar-refractivity contribution in [2.24, 2.45) is 0 Å². The van der Waals surface area contributed by atoms with E-state index in [1.807, 2.05) is 0 Å². The minimum atomic E-state index is -1.07. The molecule has 10 heteroatoms. The summed E-state index contributed by atoms with van der Waals surface area (Å²) in [7, 11) is 0. The fraction of sp³-hybridized carbons (Fsp3) is 0.316. The molecule has 4 rings (SSSR count). The molecule has 0 aromatic carbocycles. The van der Waals surface area contributed by atoms with Crippen LogP contribution in [0.1, 0.15) is 23.8 Å². The zero-order valence-electron chi connectivity index (χ0n) is 16.3. The number of carbonyl (C=O) groups is 2. The van der Waals surface area contributed by atoms with Gasteiger partial charge in [0, 0.05) is 44.8 Å². The predicted molar refractivity (Wildman–Crippen MR) is 104 cm³/mol. The summed E-state index contributed by atoms with van der Waals surface area (Å²) in [6.07, 6.45) is 4.75. The van der Waals surface area contributed by atoms with Gasteiger partial charge in [0.25, 0.3) is 5.91 Å². The van der Waals surface area contributed by atoms with E-state index >= 15 is 0 Å². The van der Waals surface area contributed by atoms with Crippen LogP contribution in [0.2, 0.25) is 5.02 Å². The number of hydrogen-bond acceptors (Lipinski definition) is 7. The lowest BCUT2D eigenvalue weighted by Crippen LogP contribution is -2.49. The highest BCUT2D eigenvalue weighted by molar-refractivity contribution is 6.30. The lowest BCUT2D eigenvalue weighted by Gasteiger charge is -2.34. The zero-order chi connectivity index (χ0) is 21.1. The number of rotatable bonds is 3. The normalized spacial score (nSPS) is 19.3. The van der Waals surface area contributed by atoms with Crippen LogP contribution in [-0.2, 0) is 4.74 Å². The molecule has 0 spiro atoms. The molecule has 2 amide bonds. The second-order valence-electron chi connectivity index (χ2n) is 6.48. The third-order valence-electron chi connectivity index (χ3n) is 4.72. The van der Waals surface area contributed by atoms with Crippen LogP contribution in [0.4, 0.5) is 10.6 Å². The van der Waals surface area contributed by atoms with Crippen LogP contribution in [0.5, 0.6) is 0 Å². The lowest BCUT2D eigenvalue weighted by atomic mass is 10.3. The van der Waals surface area contributed by atoms with Crippen molar-refractivity contribution in [2.45, 2.75) is 6.23 Å². The number of anilines is 1. The summed E-state index contributed by atoms with van der Waals surface area (Å²) >= 11 is 5.90. The third-order valence-corrected chi connectivity index (χ3v) is 4.94. The SMILES string of the molecule is [2H]C#CCN1CCN(C(=O)O[C@H]2c3nccnc3C(=O)N2c2ccc(Cl)cn2)CC1. The summed E-state index contributed by atoms with van der Waals surface area (Å²) in [5, 5.41) is 0.417. The number of aromatic nitrogens is 3. The average molecular weight is 414 g/mol. The number of pyridine rings is 1. The van der Waals surface area contributed by atoms with Crippen molar-refractivity contribution in [3.05, 3.63) is 47.1 Å². The van der Waals surface area contributed by atoms with E-state index in [0.29, 0.717) is 37.7 Å². The Morgan fingerprint density at radius 2 is 2.07 bits per heavy atom. The summed E-state index contributed by atoms with van der Waals surface area (Å²) < 4.78 is 12.6. The molecule has 2 aromatic heterocycles. The highest BCUT2D eigenvalue weighted by Crippen LogP contribution is 2.35. The van der Waals surface area contributed by atoms with Gasteiger partial charge in [-0.05, 0) is 12.1 Å². The summed E-state index contributed by atoms with van der Waals surface area (Å²) in [5.74, 6) is 2.52. The molecule has 2 aromatic rings. The minimum Gasteiger partial charge on any atom is -0.419 e. The highest BCUT2D eigenvalue weighted by atomic mass is 35.5. The molecule has 0 bridgehead atoms. The number of terminal acetylenes is 1. The van der Waals surface area contributed by atoms with Gasteiger partial charge in [0.2, 0.25) is 6.23 Å². The number of fused-ring (bicyclic) bond motifs is 1. The monoisotopic (exact) mass is 413 g/mol. The Labute approximate surface area is 173 Å². The lowest BCUT2D eigenvalue weighted by molar-refractivity contribution is 0.0463. The van der Waals surface area contributed by atoms with Gasteiger partial charge in [-0.25, -0.2) is 19.7 Å². The van der Waals surface area contributed by atoms with Crippen molar-refractivity contribution in [3.8, 4) is 12.3 Å². The number of nitrogens with zero attached hydrogens (tertiary/aromatic N) is 6. The second-order valence-corrected chi connectivity index (χ2v) is 6.91. The molecule has 9 nitrogen and oxygen atoms in total. The summed E-state index contributed by atoms with van der Waals surface area (Å²) in [6.45, 7) is 2.62. The Balaban J connectivity index is 1.53. The maximum atomic E-state index is 12.9. The Morgan fingerprint density at radius 1 is 1.28 bits per heavy atom.